The summed E-state index contributed by atoms with van der Waals surface area (Å²) in [7, 11) is 1.17. The first-order valence-electron chi connectivity index (χ1n) is 12.2. The maximum Gasteiger partial charge on any atom is 0.328 e. The number of phenols is 2. The fourth-order valence-electron chi connectivity index (χ4n) is 4.75. The lowest BCUT2D eigenvalue weighted by Gasteiger charge is -2.32. The first kappa shape index (κ1) is 26.7. The van der Waals surface area contributed by atoms with Crippen LogP contribution in [-0.2, 0) is 22.4 Å². The number of ether oxygens (including phenoxy) is 1. The number of hydrogen-bond donors (Lipinski definition) is 3. The number of phenolic OH excluding ortho intramolecular Hbond substituents is 2. The summed E-state index contributed by atoms with van der Waals surface area (Å²) >= 11 is 0. The Labute approximate surface area is 219 Å². The summed E-state index contributed by atoms with van der Waals surface area (Å²) < 4.78 is 6.25. The number of rotatable bonds is 6. The second-order valence-electron chi connectivity index (χ2n) is 10.4. The van der Waals surface area contributed by atoms with Crippen LogP contribution in [0.4, 0.5) is 0 Å². The van der Waals surface area contributed by atoms with E-state index in [1.54, 1.807) is 12.1 Å². The van der Waals surface area contributed by atoms with Crippen molar-refractivity contribution in [1.29, 1.82) is 0 Å². The number of nitrogens with zero attached hydrogens (tertiary/aromatic N) is 1. The number of carbonyl (C=O) groups is 3. The Hall–Kier alpha value is -4.40. The number of esters is 1. The molecule has 0 saturated heterocycles. The highest BCUT2D eigenvalue weighted by molar-refractivity contribution is 6.03. The number of methoxy groups -OCH3 is 1. The predicted molar refractivity (Wildman–Crippen MR) is 140 cm³/mol. The third-order valence-electron chi connectivity index (χ3n) is 6.70. The molecule has 1 amide bonds. The number of hydrogen-bond acceptors (Lipinski definition) is 7. The van der Waals surface area contributed by atoms with Crippen molar-refractivity contribution in [2.75, 3.05) is 7.11 Å². The minimum Gasteiger partial charge on any atom is -0.504 e. The molecule has 1 aromatic heterocycles. The van der Waals surface area contributed by atoms with Crippen molar-refractivity contribution >= 4 is 17.7 Å². The van der Waals surface area contributed by atoms with Crippen LogP contribution in [0.1, 0.15) is 57.8 Å². The molecule has 1 heterocycles. The van der Waals surface area contributed by atoms with Crippen molar-refractivity contribution < 1.29 is 29.3 Å². The fraction of sp³-hybridized carbons (Fsp3) is 0.310. The summed E-state index contributed by atoms with van der Waals surface area (Å²) in [6.07, 6.45) is 0.660. The van der Waals surface area contributed by atoms with E-state index >= 15 is 0 Å². The molecular formula is C29H30N2O7. The van der Waals surface area contributed by atoms with Crippen LogP contribution in [0.5, 0.6) is 11.5 Å². The van der Waals surface area contributed by atoms with Crippen molar-refractivity contribution in [1.82, 2.24) is 9.88 Å². The molecule has 4 rings (SSSR count). The minimum atomic E-state index is -1.20. The Balaban J connectivity index is 1.78. The van der Waals surface area contributed by atoms with Gasteiger partial charge in [-0.1, -0.05) is 37.6 Å². The van der Waals surface area contributed by atoms with Crippen LogP contribution in [-0.4, -0.2) is 45.6 Å². The van der Waals surface area contributed by atoms with Gasteiger partial charge in [0.15, 0.2) is 17.3 Å². The predicted octanol–water partition coefficient (Wildman–Crippen LogP) is 3.23. The molecule has 0 fully saturated rings. The maximum absolute atomic E-state index is 13.8. The Morgan fingerprint density at radius 3 is 2.34 bits per heavy atom. The van der Waals surface area contributed by atoms with Crippen molar-refractivity contribution in [2.45, 2.75) is 46.1 Å². The fourth-order valence-corrected chi connectivity index (χ4v) is 4.75. The summed E-state index contributed by atoms with van der Waals surface area (Å²) in [4.78, 5) is 52.8. The minimum absolute atomic E-state index is 0.0729. The lowest BCUT2D eigenvalue weighted by Crippen LogP contribution is -2.46. The van der Waals surface area contributed by atoms with E-state index < -0.39 is 23.5 Å². The third kappa shape index (κ3) is 5.32. The van der Waals surface area contributed by atoms with Gasteiger partial charge in [-0.3, -0.25) is 19.0 Å². The number of aryl methyl sites for hydroxylation is 1. The molecule has 1 atom stereocenters. The van der Waals surface area contributed by atoms with Gasteiger partial charge < -0.3 is 20.3 Å². The molecule has 9 heteroatoms. The zero-order valence-electron chi connectivity index (χ0n) is 21.7. The Morgan fingerprint density at radius 2 is 1.71 bits per heavy atom. The van der Waals surface area contributed by atoms with Gasteiger partial charge in [0, 0.05) is 29.8 Å². The van der Waals surface area contributed by atoms with Crippen LogP contribution in [0, 0.1) is 12.3 Å². The highest BCUT2D eigenvalue weighted by Crippen LogP contribution is 2.35. The number of ketones is 1. The molecule has 3 N–H and O–H groups in total. The molecule has 0 radical (unpaired) electrons. The van der Waals surface area contributed by atoms with Gasteiger partial charge in [-0.15, -0.1) is 0 Å². The number of benzene rings is 2. The molecule has 198 valence electrons. The Morgan fingerprint density at radius 1 is 1.03 bits per heavy atom. The number of aromatic nitrogens is 1. The Bertz CT molecular complexity index is 1490. The number of Topliss-reactive ketones (excluding diaryl/α,β-unsaturated/α-hetero) is 1. The van der Waals surface area contributed by atoms with Crippen LogP contribution < -0.4 is 10.9 Å². The molecular weight excluding hydrogens is 488 g/mol. The van der Waals surface area contributed by atoms with Gasteiger partial charge in [-0.2, -0.15) is 0 Å². The molecule has 1 aliphatic rings. The van der Waals surface area contributed by atoms with Gasteiger partial charge in [0.1, 0.15) is 11.6 Å². The van der Waals surface area contributed by atoms with E-state index in [2.05, 4.69) is 5.32 Å². The third-order valence-corrected chi connectivity index (χ3v) is 6.70. The van der Waals surface area contributed by atoms with Gasteiger partial charge in [0.2, 0.25) is 0 Å². The average Bonchev–Trinajstić information content (AvgIpc) is 2.85. The molecule has 38 heavy (non-hydrogen) atoms. The van der Waals surface area contributed by atoms with Crippen LogP contribution in [0.3, 0.4) is 0 Å². The quantitative estimate of drug-likeness (QED) is 0.337. The highest BCUT2D eigenvalue weighted by atomic mass is 16.5. The van der Waals surface area contributed by atoms with E-state index in [1.807, 2.05) is 32.9 Å². The molecule has 0 bridgehead atoms. The molecule has 3 aromatic rings. The van der Waals surface area contributed by atoms with E-state index in [0.717, 1.165) is 5.56 Å². The van der Waals surface area contributed by atoms with Crippen LogP contribution in [0.25, 0.3) is 5.69 Å². The summed E-state index contributed by atoms with van der Waals surface area (Å²) in [5, 5.41) is 21.9. The number of pyridine rings is 1. The number of nitrogens with one attached hydrogen (secondary N) is 1. The number of carbonyl (C=O) groups excluding carboxylic acids is 3. The second-order valence-corrected chi connectivity index (χ2v) is 10.4. The average molecular weight is 519 g/mol. The number of aromatic hydroxyl groups is 2. The van der Waals surface area contributed by atoms with Crippen molar-refractivity contribution in [2.24, 2.45) is 5.41 Å². The molecule has 9 nitrogen and oxygen atoms in total. The summed E-state index contributed by atoms with van der Waals surface area (Å²) in [6, 6.07) is 11.3. The lowest BCUT2D eigenvalue weighted by molar-refractivity contribution is -0.142. The smallest absolute Gasteiger partial charge is 0.328 e. The number of amides is 1. The highest BCUT2D eigenvalue weighted by Gasteiger charge is 2.35. The molecule has 0 aliphatic heterocycles. The van der Waals surface area contributed by atoms with Gasteiger partial charge in [0.25, 0.3) is 11.5 Å². The summed E-state index contributed by atoms with van der Waals surface area (Å²) in [6.45, 7) is 5.83. The standard InChI is InChI=1S/C29H30N2O7/c1-16-5-8-18(9-6-16)31-22-14-29(2,3)15-25(34)19(22)13-20(27(31)36)26(35)30-21(28(37)38-4)11-17-7-10-23(32)24(33)12-17/h5-10,12-13,21,32-33H,11,14-15H2,1-4H3,(H,30,35). The van der Waals surface area contributed by atoms with E-state index in [4.69, 9.17) is 4.74 Å². The van der Waals surface area contributed by atoms with Crippen molar-refractivity contribution in [3.05, 3.63) is 86.8 Å². The first-order chi connectivity index (χ1) is 17.9. The maximum atomic E-state index is 13.8. The lowest BCUT2D eigenvalue weighted by atomic mass is 9.75. The second kappa shape index (κ2) is 10.2. The van der Waals surface area contributed by atoms with Crippen LogP contribution in [0.2, 0.25) is 0 Å². The zero-order valence-corrected chi connectivity index (χ0v) is 21.7. The van der Waals surface area contributed by atoms with Crippen molar-refractivity contribution in [3.63, 3.8) is 0 Å². The van der Waals surface area contributed by atoms with E-state index in [1.165, 1.54) is 35.9 Å². The van der Waals surface area contributed by atoms with Gasteiger partial charge in [-0.25, -0.2) is 4.79 Å². The Kier molecular flexibility index (Phi) is 7.13. The number of fused-ring (bicyclic) bond motifs is 1. The topological polar surface area (TPSA) is 135 Å². The zero-order chi connectivity index (χ0) is 27.8. The molecule has 1 aliphatic carbocycles. The molecule has 1 unspecified atom stereocenters. The van der Waals surface area contributed by atoms with Gasteiger partial charge in [-0.05, 0) is 54.7 Å². The largest absolute Gasteiger partial charge is 0.504 e. The van der Waals surface area contributed by atoms with Gasteiger partial charge >= 0.3 is 5.97 Å². The summed E-state index contributed by atoms with van der Waals surface area (Å²) in [5.41, 5.74) is 1.55. The van der Waals surface area contributed by atoms with E-state index in [9.17, 15) is 29.4 Å². The first-order valence-corrected chi connectivity index (χ1v) is 12.2. The monoisotopic (exact) mass is 518 g/mol. The SMILES string of the molecule is COC(=O)C(Cc1ccc(O)c(O)c1)NC(=O)c1cc2c(n(-c3ccc(C)cc3)c1=O)CC(C)(C)CC2=O. The normalized spacial score (nSPS) is 14.9. The van der Waals surface area contributed by atoms with E-state index in [0.29, 0.717) is 28.9 Å². The molecule has 2 aromatic carbocycles. The summed E-state index contributed by atoms with van der Waals surface area (Å²) in [5.74, 6) is -2.48. The van der Waals surface area contributed by atoms with Crippen LogP contribution in [0.15, 0.2) is 53.3 Å². The van der Waals surface area contributed by atoms with Crippen molar-refractivity contribution in [3.8, 4) is 17.2 Å². The van der Waals surface area contributed by atoms with Crippen LogP contribution >= 0.6 is 0 Å². The molecule has 0 saturated carbocycles. The van der Waals surface area contributed by atoms with E-state index in [-0.39, 0.29) is 41.1 Å². The van der Waals surface area contributed by atoms with Gasteiger partial charge in [0.05, 0.1) is 7.11 Å². The molecule has 0 spiro atoms.